The fourth-order valence-corrected chi connectivity index (χ4v) is 5.23. The number of hydrogen-bond donors (Lipinski definition) is 2. The molecule has 3 fully saturated rings. The standard InChI is InChI=1S/C22H28N8O2/c31-18-2-4-29(13-18)22(32)28-7-5-27(6-8-28)16-9-17(10-16)30-12-15(11-26-30)20-19-1-3-23-21(19)25-14-24-20/h1,3,11-12,14,16-18,31H,2,4-10,13H2,(H,23,24,25)/t16?,17?,18-/m0/s1. The lowest BCUT2D eigenvalue weighted by Gasteiger charge is -2.46. The van der Waals surface area contributed by atoms with Gasteiger partial charge in [0.15, 0.2) is 0 Å². The van der Waals surface area contributed by atoms with E-state index in [1.807, 2.05) is 23.4 Å². The smallest absolute Gasteiger partial charge is 0.320 e. The largest absolute Gasteiger partial charge is 0.391 e. The summed E-state index contributed by atoms with van der Waals surface area (Å²) >= 11 is 0. The fraction of sp³-hybridized carbons (Fsp3) is 0.545. The number of H-pyrrole nitrogens is 1. The van der Waals surface area contributed by atoms with E-state index in [-0.39, 0.29) is 12.1 Å². The second kappa shape index (κ2) is 7.86. The first-order valence-electron chi connectivity index (χ1n) is 11.4. The Hall–Kier alpha value is -2.98. The molecule has 168 valence electrons. The van der Waals surface area contributed by atoms with Gasteiger partial charge in [-0.25, -0.2) is 14.8 Å². The van der Waals surface area contributed by atoms with Crippen molar-refractivity contribution in [2.75, 3.05) is 39.3 Å². The SMILES string of the molecule is O=C(N1CCN(C2CC(n3cc(-c4ncnc5[nH]ccc45)cn3)C2)CC1)N1CC[C@H](O)C1. The Morgan fingerprint density at radius 1 is 1.06 bits per heavy atom. The van der Waals surface area contributed by atoms with Crippen LogP contribution in [0.4, 0.5) is 4.79 Å². The van der Waals surface area contributed by atoms with Crippen molar-refractivity contribution in [2.45, 2.75) is 37.5 Å². The van der Waals surface area contributed by atoms with Crippen molar-refractivity contribution >= 4 is 17.1 Å². The Balaban J connectivity index is 1.03. The van der Waals surface area contributed by atoms with Gasteiger partial charge in [-0.1, -0.05) is 0 Å². The summed E-state index contributed by atoms with van der Waals surface area (Å²) in [6.07, 6.45) is 9.94. The van der Waals surface area contributed by atoms with E-state index in [9.17, 15) is 9.90 Å². The number of β-amino-alcohol motifs (C(OH)–C–C–N with tert-alkyl or cyclic N) is 1. The molecule has 1 saturated carbocycles. The molecular weight excluding hydrogens is 408 g/mol. The van der Waals surface area contributed by atoms with E-state index in [1.54, 1.807) is 11.2 Å². The summed E-state index contributed by atoms with van der Waals surface area (Å²) in [5.41, 5.74) is 2.76. The molecule has 10 heteroatoms. The molecule has 0 spiro atoms. The summed E-state index contributed by atoms with van der Waals surface area (Å²) in [6.45, 7) is 4.49. The monoisotopic (exact) mass is 436 g/mol. The zero-order chi connectivity index (χ0) is 21.7. The van der Waals surface area contributed by atoms with Gasteiger partial charge >= 0.3 is 6.03 Å². The number of urea groups is 1. The van der Waals surface area contributed by atoms with E-state index < -0.39 is 0 Å². The van der Waals surface area contributed by atoms with E-state index in [4.69, 9.17) is 0 Å². The van der Waals surface area contributed by atoms with Crippen LogP contribution in [0.2, 0.25) is 0 Å². The maximum Gasteiger partial charge on any atom is 0.320 e. The Bertz CT molecular complexity index is 1110. The molecule has 2 amide bonds. The molecular formula is C22H28N8O2. The minimum absolute atomic E-state index is 0.0815. The topological polar surface area (TPSA) is 106 Å². The van der Waals surface area contributed by atoms with E-state index in [2.05, 4.69) is 35.8 Å². The molecule has 0 aromatic carbocycles. The van der Waals surface area contributed by atoms with Crippen molar-refractivity contribution in [3.63, 3.8) is 0 Å². The molecule has 6 rings (SSSR count). The lowest BCUT2D eigenvalue weighted by atomic mass is 9.85. The Labute approximate surface area is 185 Å². The lowest BCUT2D eigenvalue weighted by molar-refractivity contribution is 0.0377. The number of carbonyl (C=O) groups excluding carboxylic acids is 1. The van der Waals surface area contributed by atoms with Gasteiger partial charge in [0, 0.05) is 68.7 Å². The van der Waals surface area contributed by atoms with Crippen LogP contribution in [0.1, 0.15) is 25.3 Å². The number of fused-ring (bicyclic) bond motifs is 1. The molecule has 0 radical (unpaired) electrons. The summed E-state index contributed by atoms with van der Waals surface area (Å²) in [6, 6.07) is 3.03. The number of hydrogen-bond acceptors (Lipinski definition) is 6. The van der Waals surface area contributed by atoms with Crippen molar-refractivity contribution < 1.29 is 9.90 Å². The number of rotatable bonds is 3. The van der Waals surface area contributed by atoms with Gasteiger partial charge in [-0.15, -0.1) is 0 Å². The third-order valence-electron chi connectivity index (χ3n) is 7.23. The molecule has 1 atom stereocenters. The first-order chi connectivity index (χ1) is 15.7. The molecule has 3 aromatic rings. The highest BCUT2D eigenvalue weighted by Crippen LogP contribution is 2.37. The summed E-state index contributed by atoms with van der Waals surface area (Å²) in [7, 11) is 0. The van der Waals surface area contributed by atoms with E-state index in [1.165, 1.54) is 0 Å². The van der Waals surface area contributed by atoms with Crippen LogP contribution >= 0.6 is 0 Å². The third-order valence-corrected chi connectivity index (χ3v) is 7.23. The number of aliphatic hydroxyl groups is 1. The maximum absolute atomic E-state index is 12.6. The average Bonchev–Trinajstić information content (AvgIpc) is 3.53. The number of amides is 2. The van der Waals surface area contributed by atoms with Crippen molar-refractivity contribution in [1.82, 2.24) is 39.4 Å². The molecule has 2 saturated heterocycles. The number of aromatic nitrogens is 5. The quantitative estimate of drug-likeness (QED) is 0.642. The van der Waals surface area contributed by atoms with Crippen LogP contribution in [0.3, 0.4) is 0 Å². The van der Waals surface area contributed by atoms with Gasteiger partial charge < -0.3 is 19.9 Å². The summed E-state index contributed by atoms with van der Waals surface area (Å²) in [5, 5.41) is 15.3. The summed E-state index contributed by atoms with van der Waals surface area (Å²) in [5.74, 6) is 0. The van der Waals surface area contributed by atoms with Gasteiger partial charge in [-0.3, -0.25) is 9.58 Å². The minimum atomic E-state index is -0.363. The molecule has 1 aliphatic carbocycles. The van der Waals surface area contributed by atoms with Crippen LogP contribution in [-0.4, -0.2) is 102 Å². The molecule has 5 heterocycles. The number of aromatic amines is 1. The molecule has 10 nitrogen and oxygen atoms in total. The molecule has 3 aromatic heterocycles. The molecule has 2 aliphatic heterocycles. The molecule has 0 unspecified atom stereocenters. The zero-order valence-corrected chi connectivity index (χ0v) is 18.0. The molecule has 2 N–H and O–H groups in total. The van der Waals surface area contributed by atoms with Gasteiger partial charge in [-0.2, -0.15) is 5.10 Å². The van der Waals surface area contributed by atoms with Crippen LogP contribution < -0.4 is 0 Å². The number of carbonyl (C=O) groups is 1. The zero-order valence-electron chi connectivity index (χ0n) is 18.0. The van der Waals surface area contributed by atoms with Crippen molar-refractivity contribution in [3.8, 4) is 11.3 Å². The van der Waals surface area contributed by atoms with Crippen molar-refractivity contribution in [2.24, 2.45) is 0 Å². The van der Waals surface area contributed by atoms with Crippen LogP contribution in [0, 0.1) is 0 Å². The predicted octanol–water partition coefficient (Wildman–Crippen LogP) is 1.33. The second-order valence-electron chi connectivity index (χ2n) is 9.14. The summed E-state index contributed by atoms with van der Waals surface area (Å²) in [4.78, 5) is 30.7. The number of nitrogens with zero attached hydrogens (tertiary/aromatic N) is 7. The van der Waals surface area contributed by atoms with Gasteiger partial charge in [-0.05, 0) is 25.3 Å². The molecule has 3 aliphatic rings. The number of piperazine rings is 1. The number of likely N-dealkylation sites (tertiary alicyclic amines) is 1. The third kappa shape index (κ3) is 3.43. The maximum atomic E-state index is 12.6. The Morgan fingerprint density at radius 2 is 1.91 bits per heavy atom. The Kier molecular flexibility index (Phi) is 4.83. The van der Waals surface area contributed by atoms with E-state index >= 15 is 0 Å². The van der Waals surface area contributed by atoms with Crippen LogP contribution in [0.25, 0.3) is 22.3 Å². The highest BCUT2D eigenvalue weighted by Gasteiger charge is 2.38. The van der Waals surface area contributed by atoms with Gasteiger partial charge in [0.25, 0.3) is 0 Å². The highest BCUT2D eigenvalue weighted by molar-refractivity contribution is 5.89. The number of aliphatic hydroxyl groups excluding tert-OH is 1. The van der Waals surface area contributed by atoms with Gasteiger partial charge in [0.05, 0.1) is 24.0 Å². The Morgan fingerprint density at radius 3 is 2.69 bits per heavy atom. The van der Waals surface area contributed by atoms with Crippen LogP contribution in [0.15, 0.2) is 31.0 Å². The lowest BCUT2D eigenvalue weighted by Crippen LogP contribution is -2.57. The van der Waals surface area contributed by atoms with Crippen LogP contribution in [0.5, 0.6) is 0 Å². The van der Waals surface area contributed by atoms with Gasteiger partial charge in [0.2, 0.25) is 0 Å². The normalized spacial score (nSPS) is 26.6. The predicted molar refractivity (Wildman–Crippen MR) is 118 cm³/mol. The fourth-order valence-electron chi connectivity index (χ4n) is 5.23. The van der Waals surface area contributed by atoms with Crippen LogP contribution in [-0.2, 0) is 0 Å². The molecule has 0 bridgehead atoms. The second-order valence-corrected chi connectivity index (χ2v) is 9.14. The van der Waals surface area contributed by atoms with Crippen molar-refractivity contribution in [3.05, 3.63) is 31.0 Å². The first kappa shape index (κ1) is 19.7. The van der Waals surface area contributed by atoms with E-state index in [0.29, 0.717) is 31.6 Å². The minimum Gasteiger partial charge on any atom is -0.391 e. The van der Waals surface area contributed by atoms with Gasteiger partial charge in [0.1, 0.15) is 12.0 Å². The first-order valence-corrected chi connectivity index (χ1v) is 11.4. The number of nitrogens with one attached hydrogen (secondary N) is 1. The summed E-state index contributed by atoms with van der Waals surface area (Å²) < 4.78 is 2.07. The highest BCUT2D eigenvalue weighted by atomic mass is 16.3. The average molecular weight is 437 g/mol. The molecule has 32 heavy (non-hydrogen) atoms. The van der Waals surface area contributed by atoms with E-state index in [0.717, 1.165) is 61.3 Å². The van der Waals surface area contributed by atoms with Crippen molar-refractivity contribution in [1.29, 1.82) is 0 Å².